The van der Waals surface area contributed by atoms with Crippen LogP contribution in [0.2, 0.25) is 0 Å². The average Bonchev–Trinajstić information content (AvgIpc) is 2.72. The Hall–Kier alpha value is -1.69. The molecular formula is C18H23NO4S. The molecule has 24 heavy (non-hydrogen) atoms. The van der Waals surface area contributed by atoms with E-state index in [1.54, 1.807) is 18.2 Å². The van der Waals surface area contributed by atoms with Crippen molar-refractivity contribution in [1.82, 2.24) is 4.90 Å². The van der Waals surface area contributed by atoms with Gasteiger partial charge in [-0.25, -0.2) is 8.42 Å². The Morgan fingerprint density at radius 1 is 1.12 bits per heavy atom. The molecule has 1 heterocycles. The molecule has 0 N–H and O–H groups in total. The van der Waals surface area contributed by atoms with Gasteiger partial charge in [-0.15, -0.1) is 0 Å². The molecule has 0 radical (unpaired) electrons. The lowest BCUT2D eigenvalue weighted by molar-refractivity contribution is -0.167. The maximum absolute atomic E-state index is 12.9. The number of benzene rings is 1. The number of hydrogen-bond acceptors (Lipinski definition) is 4. The van der Waals surface area contributed by atoms with Crippen molar-refractivity contribution in [3.8, 4) is 0 Å². The summed E-state index contributed by atoms with van der Waals surface area (Å²) in [6, 6.07) is 8.13. The second-order valence-electron chi connectivity index (χ2n) is 7.57. The topological polar surface area (TPSA) is 71.5 Å². The number of rotatable bonds is 4. The van der Waals surface area contributed by atoms with Crippen molar-refractivity contribution in [2.24, 2.45) is 16.7 Å². The normalized spacial score (nSPS) is 29.1. The maximum Gasteiger partial charge on any atom is 0.235 e. The predicted molar refractivity (Wildman–Crippen MR) is 89.8 cm³/mol. The predicted octanol–water partition coefficient (Wildman–Crippen LogP) is 2.27. The summed E-state index contributed by atoms with van der Waals surface area (Å²) in [5.74, 6) is -0.894. The van der Waals surface area contributed by atoms with E-state index in [1.807, 2.05) is 20.8 Å². The molecule has 1 aromatic carbocycles. The van der Waals surface area contributed by atoms with Gasteiger partial charge >= 0.3 is 0 Å². The Kier molecular flexibility index (Phi) is 3.86. The quantitative estimate of drug-likeness (QED) is 0.782. The van der Waals surface area contributed by atoms with Gasteiger partial charge in [0.25, 0.3) is 0 Å². The lowest BCUT2D eigenvalue weighted by atomic mass is 9.62. The van der Waals surface area contributed by atoms with Crippen LogP contribution in [0.15, 0.2) is 35.2 Å². The molecule has 2 bridgehead atoms. The van der Waals surface area contributed by atoms with E-state index in [0.717, 1.165) is 0 Å². The van der Waals surface area contributed by atoms with Crippen LogP contribution in [0.1, 0.15) is 33.6 Å². The number of imide groups is 1. The molecule has 3 rings (SSSR count). The van der Waals surface area contributed by atoms with Crippen LogP contribution in [0.25, 0.3) is 0 Å². The van der Waals surface area contributed by atoms with Gasteiger partial charge in [-0.3, -0.25) is 14.5 Å². The van der Waals surface area contributed by atoms with Gasteiger partial charge in [0.2, 0.25) is 11.8 Å². The molecule has 2 aliphatic rings. The van der Waals surface area contributed by atoms with Gasteiger partial charge in [-0.1, -0.05) is 39.0 Å². The summed E-state index contributed by atoms with van der Waals surface area (Å²) in [6.07, 6.45) is 1.37. The Bertz CT molecular complexity index is 784. The van der Waals surface area contributed by atoms with Crippen LogP contribution in [0.4, 0.5) is 0 Å². The number of carbonyl (C=O) groups is 2. The summed E-state index contributed by atoms with van der Waals surface area (Å²) in [6.45, 7) is 5.77. The number of likely N-dealkylation sites (tertiary alicyclic amines) is 1. The van der Waals surface area contributed by atoms with E-state index in [4.69, 9.17) is 0 Å². The van der Waals surface area contributed by atoms with E-state index in [-0.39, 0.29) is 40.3 Å². The van der Waals surface area contributed by atoms with Gasteiger partial charge in [0.1, 0.15) is 0 Å². The van der Waals surface area contributed by atoms with Crippen molar-refractivity contribution in [2.75, 3.05) is 12.3 Å². The fraction of sp³-hybridized carbons (Fsp3) is 0.556. The number of piperidine rings is 1. The number of carbonyl (C=O) groups excluding carboxylic acids is 2. The molecular weight excluding hydrogens is 326 g/mol. The maximum atomic E-state index is 12.9. The lowest BCUT2D eigenvalue weighted by Gasteiger charge is -2.47. The summed E-state index contributed by atoms with van der Waals surface area (Å²) in [7, 11) is -3.52. The molecule has 2 atom stereocenters. The van der Waals surface area contributed by atoms with Gasteiger partial charge < -0.3 is 0 Å². The van der Waals surface area contributed by atoms with Gasteiger partial charge in [-0.2, -0.15) is 0 Å². The highest BCUT2D eigenvalue weighted by Gasteiger charge is 2.64. The molecule has 1 aliphatic carbocycles. The van der Waals surface area contributed by atoms with E-state index in [2.05, 4.69) is 0 Å². The fourth-order valence-corrected chi connectivity index (χ4v) is 5.30. The first-order valence-electron chi connectivity index (χ1n) is 8.25. The molecule has 6 heteroatoms. The van der Waals surface area contributed by atoms with E-state index < -0.39 is 15.3 Å². The lowest BCUT2D eigenvalue weighted by Crippen LogP contribution is -2.59. The molecule has 1 saturated carbocycles. The molecule has 130 valence electrons. The van der Waals surface area contributed by atoms with Crippen LogP contribution >= 0.6 is 0 Å². The van der Waals surface area contributed by atoms with Crippen molar-refractivity contribution in [2.45, 2.75) is 38.5 Å². The smallest absolute Gasteiger partial charge is 0.235 e. The number of fused-ring (bicyclic) bond motifs is 2. The highest BCUT2D eigenvalue weighted by molar-refractivity contribution is 7.91. The Balaban J connectivity index is 1.82. The van der Waals surface area contributed by atoms with E-state index in [1.165, 1.54) is 17.0 Å². The molecule has 2 amide bonds. The van der Waals surface area contributed by atoms with E-state index in [9.17, 15) is 18.0 Å². The van der Waals surface area contributed by atoms with E-state index in [0.29, 0.717) is 12.8 Å². The molecule has 1 aromatic rings. The highest BCUT2D eigenvalue weighted by atomic mass is 32.2. The zero-order valence-corrected chi connectivity index (χ0v) is 15.1. The minimum Gasteiger partial charge on any atom is -0.281 e. The van der Waals surface area contributed by atoms with Crippen molar-refractivity contribution >= 4 is 21.7 Å². The average molecular weight is 349 g/mol. The SMILES string of the molecule is CC12CCC(C(=O)N(CCS(=O)(=O)c3ccccc3)C1=O)C2(C)C. The highest BCUT2D eigenvalue weighted by Crippen LogP contribution is 2.59. The fourth-order valence-electron chi connectivity index (χ4n) is 4.07. The molecule has 0 aromatic heterocycles. The Labute approximate surface area is 143 Å². The Morgan fingerprint density at radius 2 is 1.75 bits per heavy atom. The number of sulfone groups is 1. The van der Waals surface area contributed by atoms with Gasteiger partial charge in [-0.05, 0) is 30.4 Å². The number of hydrogen-bond donors (Lipinski definition) is 0. The molecule has 2 fully saturated rings. The van der Waals surface area contributed by atoms with Crippen LogP contribution in [0, 0.1) is 16.7 Å². The Morgan fingerprint density at radius 3 is 2.38 bits per heavy atom. The van der Waals surface area contributed by atoms with Gasteiger partial charge in [0, 0.05) is 12.5 Å². The van der Waals surface area contributed by atoms with Crippen molar-refractivity contribution in [3.05, 3.63) is 30.3 Å². The molecule has 0 spiro atoms. The summed E-state index contributed by atoms with van der Waals surface area (Å²) in [5.41, 5.74) is -0.974. The van der Waals surface area contributed by atoms with Crippen molar-refractivity contribution in [1.29, 1.82) is 0 Å². The first-order chi connectivity index (χ1) is 11.1. The summed E-state index contributed by atoms with van der Waals surface area (Å²) in [4.78, 5) is 27.0. The zero-order valence-electron chi connectivity index (χ0n) is 14.3. The minimum atomic E-state index is -3.52. The van der Waals surface area contributed by atoms with Gasteiger partial charge in [0.05, 0.1) is 16.1 Å². The van der Waals surface area contributed by atoms with Crippen LogP contribution in [0.3, 0.4) is 0 Å². The second kappa shape index (κ2) is 5.41. The molecule has 1 aliphatic heterocycles. The standard InChI is InChI=1S/C18H23NO4S/c1-17(2)14-9-10-18(17,3)16(21)19(15(14)20)11-12-24(22,23)13-7-5-4-6-8-13/h4-8,14H,9-12H2,1-3H3. The van der Waals surface area contributed by atoms with Crippen LogP contribution in [-0.2, 0) is 19.4 Å². The summed E-state index contributed by atoms with van der Waals surface area (Å²) >= 11 is 0. The third-order valence-electron chi connectivity index (χ3n) is 6.19. The third kappa shape index (κ3) is 2.31. The number of amides is 2. The van der Waals surface area contributed by atoms with Gasteiger partial charge in [0.15, 0.2) is 9.84 Å². The molecule has 2 unspecified atom stereocenters. The zero-order chi connectivity index (χ0) is 17.8. The second-order valence-corrected chi connectivity index (χ2v) is 9.68. The largest absolute Gasteiger partial charge is 0.281 e. The first kappa shape index (κ1) is 17.1. The third-order valence-corrected chi connectivity index (χ3v) is 7.90. The molecule has 5 nitrogen and oxygen atoms in total. The van der Waals surface area contributed by atoms with Crippen molar-refractivity contribution < 1.29 is 18.0 Å². The van der Waals surface area contributed by atoms with Crippen molar-refractivity contribution in [3.63, 3.8) is 0 Å². The molecule has 1 saturated heterocycles. The summed E-state index contributed by atoms with van der Waals surface area (Å²) < 4.78 is 24.8. The van der Waals surface area contributed by atoms with Crippen LogP contribution < -0.4 is 0 Å². The summed E-state index contributed by atoms with van der Waals surface area (Å²) in [5, 5.41) is 0. The van der Waals surface area contributed by atoms with E-state index >= 15 is 0 Å². The minimum absolute atomic E-state index is 0.0724. The van der Waals surface area contributed by atoms with Crippen LogP contribution in [0.5, 0.6) is 0 Å². The number of nitrogens with zero attached hydrogens (tertiary/aromatic N) is 1. The monoisotopic (exact) mass is 349 g/mol. The first-order valence-corrected chi connectivity index (χ1v) is 9.90. The van der Waals surface area contributed by atoms with Crippen LogP contribution in [-0.4, -0.2) is 37.4 Å².